The first-order valence-electron chi connectivity index (χ1n) is 13.5. The number of pyridine rings is 2. The van der Waals surface area contributed by atoms with Gasteiger partial charge in [0.1, 0.15) is 23.0 Å². The van der Waals surface area contributed by atoms with Gasteiger partial charge in [-0.05, 0) is 104 Å². The lowest BCUT2D eigenvalue weighted by atomic mass is 9.95. The summed E-state index contributed by atoms with van der Waals surface area (Å²) in [7, 11) is 0. The van der Waals surface area contributed by atoms with E-state index < -0.39 is 17.2 Å². The molecule has 206 valence electrons. The van der Waals surface area contributed by atoms with E-state index in [4.69, 9.17) is 4.42 Å². The molecule has 1 amide bonds. The van der Waals surface area contributed by atoms with Crippen molar-refractivity contribution in [3.8, 4) is 22.5 Å². The summed E-state index contributed by atoms with van der Waals surface area (Å²) in [5, 5.41) is 4.09. The average molecular weight is 560 g/mol. The summed E-state index contributed by atoms with van der Waals surface area (Å²) in [6.45, 7) is 1.83. The Labute approximate surface area is 239 Å². The van der Waals surface area contributed by atoms with E-state index in [1.165, 1.54) is 24.3 Å². The number of rotatable bonds is 6. The predicted molar refractivity (Wildman–Crippen MR) is 155 cm³/mol. The van der Waals surface area contributed by atoms with Gasteiger partial charge < -0.3 is 9.73 Å². The topological polar surface area (TPSA) is 85.1 Å². The number of halogens is 2. The van der Waals surface area contributed by atoms with Crippen molar-refractivity contribution in [2.75, 3.05) is 0 Å². The van der Waals surface area contributed by atoms with Crippen LogP contribution >= 0.6 is 0 Å². The van der Waals surface area contributed by atoms with Crippen LogP contribution in [0.3, 0.4) is 0 Å². The molecule has 0 spiro atoms. The minimum absolute atomic E-state index is 0.0315. The Bertz CT molecular complexity index is 2050. The van der Waals surface area contributed by atoms with Gasteiger partial charge in [-0.15, -0.1) is 0 Å². The maximum atomic E-state index is 16.1. The molecule has 0 saturated heterocycles. The van der Waals surface area contributed by atoms with Gasteiger partial charge in [0.05, 0.1) is 22.2 Å². The number of fused-ring (bicyclic) bond motifs is 2. The lowest BCUT2D eigenvalue weighted by Crippen LogP contribution is -2.35. The van der Waals surface area contributed by atoms with Crippen molar-refractivity contribution in [2.24, 2.45) is 0 Å². The minimum Gasteiger partial charge on any atom is -0.455 e. The molecule has 1 fully saturated rings. The maximum Gasteiger partial charge on any atom is 0.252 e. The third-order valence-electron chi connectivity index (χ3n) is 7.90. The number of benzene rings is 3. The van der Waals surface area contributed by atoms with Crippen LogP contribution in [0, 0.1) is 18.6 Å². The molecule has 0 radical (unpaired) electrons. The largest absolute Gasteiger partial charge is 0.455 e. The number of hydrogen-bond donors (Lipinski definition) is 1. The van der Waals surface area contributed by atoms with E-state index in [9.17, 15) is 14.0 Å². The van der Waals surface area contributed by atoms with E-state index in [0.717, 1.165) is 29.5 Å². The van der Waals surface area contributed by atoms with Gasteiger partial charge in [-0.2, -0.15) is 0 Å². The Balaban J connectivity index is 1.24. The molecule has 0 aliphatic heterocycles. The molecule has 1 aliphatic rings. The van der Waals surface area contributed by atoms with E-state index in [1.54, 1.807) is 36.5 Å². The highest BCUT2D eigenvalue weighted by molar-refractivity contribution is 6.05. The third-order valence-corrected chi connectivity index (χ3v) is 7.90. The summed E-state index contributed by atoms with van der Waals surface area (Å²) in [6.07, 6.45) is 3.73. The number of hydrogen-bond acceptors (Lipinski definition) is 5. The Kier molecular flexibility index (Phi) is 5.93. The first-order valence-corrected chi connectivity index (χ1v) is 13.5. The van der Waals surface area contributed by atoms with Gasteiger partial charge in [0.25, 0.3) is 5.91 Å². The molecule has 6 aromatic rings. The van der Waals surface area contributed by atoms with Gasteiger partial charge in [-0.25, -0.2) is 18.7 Å². The van der Waals surface area contributed by atoms with Crippen molar-refractivity contribution < 1.29 is 22.8 Å². The van der Waals surface area contributed by atoms with Crippen LogP contribution in [0.25, 0.3) is 44.5 Å². The van der Waals surface area contributed by atoms with Gasteiger partial charge in [0, 0.05) is 28.3 Å². The second kappa shape index (κ2) is 9.69. The Hall–Kier alpha value is -5.24. The number of carbonyl (C=O) groups excluding carboxylic acids is 2. The summed E-state index contributed by atoms with van der Waals surface area (Å²) in [6, 6.07) is 21.4. The molecule has 1 aliphatic carbocycles. The Morgan fingerprint density at radius 2 is 1.79 bits per heavy atom. The quantitative estimate of drug-likeness (QED) is 0.213. The molecule has 3 heterocycles. The van der Waals surface area contributed by atoms with E-state index in [0.29, 0.717) is 28.6 Å². The lowest BCUT2D eigenvalue weighted by Gasteiger charge is -2.18. The molecule has 1 N–H and O–H groups in total. The summed E-state index contributed by atoms with van der Waals surface area (Å²) >= 11 is 0. The molecule has 8 heteroatoms. The summed E-state index contributed by atoms with van der Waals surface area (Å²) in [4.78, 5) is 34.6. The lowest BCUT2D eigenvalue weighted by molar-refractivity contribution is 0.0929. The average Bonchev–Trinajstić information content (AvgIpc) is 3.69. The monoisotopic (exact) mass is 559 g/mol. The molecule has 1 saturated carbocycles. The standard InChI is InChI=1S/C34H23F2N3O3/c1-19-4-5-22(33(41)39-34(14-15-34)28-13-8-21-3-2-16-37-32(21)38-28)17-25(19)24-11-12-27-29(30(24)36)26(18-40)31(42-27)20-6-9-23(35)10-7-20/h2-13,16-18H,14-15H2,1H3,(H,39,41). The highest BCUT2D eigenvalue weighted by Crippen LogP contribution is 2.45. The SMILES string of the molecule is Cc1ccc(C(=O)NC2(c3ccc4cccnc4n3)CC2)cc1-c1ccc2oc(-c3ccc(F)cc3)c(C=O)c2c1F. The van der Waals surface area contributed by atoms with Crippen LogP contribution in [-0.2, 0) is 5.54 Å². The third kappa shape index (κ3) is 4.23. The van der Waals surface area contributed by atoms with Crippen molar-refractivity contribution in [1.29, 1.82) is 0 Å². The Morgan fingerprint density at radius 1 is 0.976 bits per heavy atom. The summed E-state index contributed by atoms with van der Waals surface area (Å²) < 4.78 is 35.5. The smallest absolute Gasteiger partial charge is 0.252 e. The first-order chi connectivity index (χ1) is 20.4. The minimum atomic E-state index is -0.640. The van der Waals surface area contributed by atoms with Gasteiger partial charge in [0.15, 0.2) is 11.9 Å². The molecule has 3 aromatic heterocycles. The van der Waals surface area contributed by atoms with Crippen molar-refractivity contribution in [2.45, 2.75) is 25.3 Å². The van der Waals surface area contributed by atoms with Crippen LogP contribution in [-0.4, -0.2) is 22.2 Å². The van der Waals surface area contributed by atoms with Gasteiger partial charge >= 0.3 is 0 Å². The van der Waals surface area contributed by atoms with Crippen molar-refractivity contribution in [3.63, 3.8) is 0 Å². The zero-order chi connectivity index (χ0) is 29.0. The number of furan rings is 1. The molecule has 6 nitrogen and oxygen atoms in total. The molecule has 0 unspecified atom stereocenters. The number of carbonyl (C=O) groups is 2. The molecular formula is C34H23F2N3O3. The number of aldehydes is 1. The highest BCUT2D eigenvalue weighted by Gasteiger charge is 2.47. The van der Waals surface area contributed by atoms with Gasteiger partial charge in [-0.3, -0.25) is 9.59 Å². The maximum absolute atomic E-state index is 16.1. The molecule has 3 aromatic carbocycles. The normalized spacial score (nSPS) is 13.8. The zero-order valence-electron chi connectivity index (χ0n) is 22.4. The van der Waals surface area contributed by atoms with Crippen LogP contribution < -0.4 is 5.32 Å². The molecule has 0 atom stereocenters. The molecule has 0 bridgehead atoms. The Morgan fingerprint density at radius 3 is 2.55 bits per heavy atom. The van der Waals surface area contributed by atoms with E-state index >= 15 is 4.39 Å². The predicted octanol–water partition coefficient (Wildman–Crippen LogP) is 7.53. The molecule has 42 heavy (non-hydrogen) atoms. The molecule has 7 rings (SSSR count). The number of aromatic nitrogens is 2. The number of amides is 1. The van der Waals surface area contributed by atoms with Crippen molar-refractivity contribution in [1.82, 2.24) is 15.3 Å². The fourth-order valence-electron chi connectivity index (χ4n) is 5.44. The van der Waals surface area contributed by atoms with Crippen molar-refractivity contribution in [3.05, 3.63) is 119 Å². The van der Waals surface area contributed by atoms with Gasteiger partial charge in [-0.1, -0.05) is 6.07 Å². The fraction of sp³-hybridized carbons (Fsp3) is 0.118. The van der Waals surface area contributed by atoms with Crippen LogP contribution in [0.1, 0.15) is 44.8 Å². The fourth-order valence-corrected chi connectivity index (χ4v) is 5.44. The van der Waals surface area contributed by atoms with E-state index in [-0.39, 0.29) is 33.8 Å². The van der Waals surface area contributed by atoms with E-state index in [1.807, 2.05) is 31.2 Å². The van der Waals surface area contributed by atoms with Crippen LogP contribution in [0.4, 0.5) is 8.78 Å². The number of nitrogens with zero attached hydrogens (tertiary/aromatic N) is 2. The summed E-state index contributed by atoms with van der Waals surface area (Å²) in [5.41, 5.74) is 3.35. The number of aryl methyl sites for hydroxylation is 1. The summed E-state index contributed by atoms with van der Waals surface area (Å²) in [5.74, 6) is -1.21. The number of nitrogens with one attached hydrogen (secondary N) is 1. The van der Waals surface area contributed by atoms with Crippen LogP contribution in [0.15, 0.2) is 89.5 Å². The second-order valence-corrected chi connectivity index (χ2v) is 10.6. The van der Waals surface area contributed by atoms with Crippen LogP contribution in [0.2, 0.25) is 0 Å². The zero-order valence-corrected chi connectivity index (χ0v) is 22.4. The second-order valence-electron chi connectivity index (χ2n) is 10.6. The molecular weight excluding hydrogens is 536 g/mol. The van der Waals surface area contributed by atoms with Gasteiger partial charge in [0.2, 0.25) is 0 Å². The first kappa shape index (κ1) is 25.7. The van der Waals surface area contributed by atoms with Crippen LogP contribution in [0.5, 0.6) is 0 Å². The highest BCUT2D eigenvalue weighted by atomic mass is 19.1. The van der Waals surface area contributed by atoms with E-state index in [2.05, 4.69) is 15.3 Å². The van der Waals surface area contributed by atoms with Crippen molar-refractivity contribution >= 4 is 34.2 Å².